The zero-order chi connectivity index (χ0) is 26.4. The molecule has 0 fully saturated rings. The first kappa shape index (κ1) is 25.9. The van der Waals surface area contributed by atoms with Crippen molar-refractivity contribution in [2.24, 2.45) is 0 Å². The Morgan fingerprint density at radius 2 is 1.76 bits per heavy atom. The Balaban J connectivity index is 1.62. The van der Waals surface area contributed by atoms with Gasteiger partial charge in [0.2, 0.25) is 5.91 Å². The van der Waals surface area contributed by atoms with E-state index in [2.05, 4.69) is 5.32 Å². The van der Waals surface area contributed by atoms with Crippen LogP contribution in [0, 0.1) is 6.92 Å². The van der Waals surface area contributed by atoms with Crippen molar-refractivity contribution in [3.63, 3.8) is 0 Å². The number of rotatable bonds is 10. The highest BCUT2D eigenvalue weighted by molar-refractivity contribution is 6.01. The van der Waals surface area contributed by atoms with Crippen LogP contribution in [0.25, 0.3) is 27.7 Å². The zero-order valence-corrected chi connectivity index (χ0v) is 22.0. The molecule has 4 aromatic rings. The monoisotopic (exact) mass is 499 g/mol. The number of hydrogen-bond donors (Lipinski definition) is 1. The highest BCUT2D eigenvalue weighted by Gasteiger charge is 2.19. The molecule has 1 aromatic heterocycles. The molecule has 1 N–H and O–H groups in total. The second-order valence-corrected chi connectivity index (χ2v) is 8.79. The molecule has 0 bridgehead atoms. The van der Waals surface area contributed by atoms with Crippen molar-refractivity contribution < 1.29 is 23.4 Å². The van der Waals surface area contributed by atoms with Crippen molar-refractivity contribution in [3.05, 3.63) is 83.6 Å². The van der Waals surface area contributed by atoms with Crippen LogP contribution in [0.5, 0.6) is 17.2 Å². The van der Waals surface area contributed by atoms with Gasteiger partial charge in [-0.05, 0) is 74.2 Å². The van der Waals surface area contributed by atoms with Gasteiger partial charge in [-0.1, -0.05) is 24.3 Å². The molecule has 0 atom stereocenters. The lowest BCUT2D eigenvalue weighted by Gasteiger charge is -2.15. The van der Waals surface area contributed by atoms with Crippen molar-refractivity contribution in [2.45, 2.75) is 27.2 Å². The summed E-state index contributed by atoms with van der Waals surface area (Å²) in [4.78, 5) is 12.8. The molecule has 4 rings (SSSR count). The number of ether oxygens (including phenoxy) is 3. The smallest absolute Gasteiger partial charge is 0.244 e. The summed E-state index contributed by atoms with van der Waals surface area (Å²) in [5.74, 6) is 2.15. The number of fused-ring (bicyclic) bond motifs is 1. The average Bonchev–Trinajstić information content (AvgIpc) is 3.34. The number of carbonyl (C=O) groups excluding carboxylic acids is 1. The molecular weight excluding hydrogens is 466 g/mol. The lowest BCUT2D eigenvalue weighted by Crippen LogP contribution is -2.23. The quantitative estimate of drug-likeness (QED) is 0.249. The van der Waals surface area contributed by atoms with Crippen LogP contribution in [0.2, 0.25) is 0 Å². The van der Waals surface area contributed by atoms with E-state index in [4.69, 9.17) is 18.6 Å². The number of hydrogen-bond acceptors (Lipinski definition) is 5. The van der Waals surface area contributed by atoms with Crippen LogP contribution in [0.1, 0.15) is 30.5 Å². The van der Waals surface area contributed by atoms with E-state index in [9.17, 15) is 4.79 Å². The molecule has 0 aliphatic rings. The maximum atomic E-state index is 12.8. The lowest BCUT2D eigenvalue weighted by atomic mass is 9.96. The fraction of sp³-hybridized carbons (Fsp3) is 0.258. The van der Waals surface area contributed by atoms with Crippen LogP contribution in [-0.2, 0) is 11.2 Å². The van der Waals surface area contributed by atoms with Crippen LogP contribution < -0.4 is 19.5 Å². The first-order chi connectivity index (χ1) is 17.9. The van der Waals surface area contributed by atoms with Gasteiger partial charge in [-0.2, -0.15) is 0 Å². The van der Waals surface area contributed by atoms with Crippen molar-refractivity contribution in [1.29, 1.82) is 0 Å². The minimum atomic E-state index is -0.152. The van der Waals surface area contributed by atoms with Gasteiger partial charge in [0.1, 0.15) is 22.8 Å². The van der Waals surface area contributed by atoms with E-state index >= 15 is 0 Å². The molecule has 0 spiro atoms. The number of furan rings is 1. The minimum absolute atomic E-state index is 0.152. The maximum absolute atomic E-state index is 12.8. The molecule has 0 unspecified atom stereocenters. The van der Waals surface area contributed by atoms with E-state index in [0.717, 1.165) is 61.6 Å². The highest BCUT2D eigenvalue weighted by atomic mass is 16.5. The Morgan fingerprint density at radius 1 is 1.03 bits per heavy atom. The summed E-state index contributed by atoms with van der Waals surface area (Å²) in [5, 5.41) is 3.94. The first-order valence-corrected chi connectivity index (χ1v) is 12.4. The molecule has 6 nitrogen and oxygen atoms in total. The molecule has 3 aromatic carbocycles. The molecule has 0 aliphatic heterocycles. The van der Waals surface area contributed by atoms with Gasteiger partial charge in [0, 0.05) is 34.7 Å². The molecule has 0 saturated carbocycles. The minimum Gasteiger partial charge on any atom is -0.497 e. The standard InChI is InChI=1S/C31H33NO5/c1-6-36-30-21(3)31-27(28(19-37-31)23-10-8-12-25(17-23)35-5)18-26(30)20(2)15-29(33)32-14-13-22-9-7-11-24(16-22)34-4/h7-12,15-19H,6,13-14H2,1-5H3,(H,32,33)/b20-15+. The fourth-order valence-corrected chi connectivity index (χ4v) is 4.44. The Labute approximate surface area is 217 Å². The number of methoxy groups -OCH3 is 2. The van der Waals surface area contributed by atoms with Gasteiger partial charge in [0.25, 0.3) is 0 Å². The number of amides is 1. The van der Waals surface area contributed by atoms with Crippen molar-refractivity contribution in [2.75, 3.05) is 27.4 Å². The molecule has 1 amide bonds. The number of allylic oxidation sites excluding steroid dienone is 1. The molecule has 0 aliphatic carbocycles. The molecule has 37 heavy (non-hydrogen) atoms. The van der Waals surface area contributed by atoms with Gasteiger partial charge in [0.15, 0.2) is 0 Å². The van der Waals surface area contributed by atoms with E-state index in [1.54, 1.807) is 26.6 Å². The predicted molar refractivity (Wildman–Crippen MR) is 147 cm³/mol. The topological polar surface area (TPSA) is 69.9 Å². The third-order valence-corrected chi connectivity index (χ3v) is 6.33. The Kier molecular flexibility index (Phi) is 8.18. The summed E-state index contributed by atoms with van der Waals surface area (Å²) in [6.07, 6.45) is 4.10. The molecule has 6 heteroatoms. The third-order valence-electron chi connectivity index (χ3n) is 6.33. The van der Waals surface area contributed by atoms with E-state index in [0.29, 0.717) is 19.6 Å². The van der Waals surface area contributed by atoms with Gasteiger partial charge >= 0.3 is 0 Å². The molecular formula is C31H33NO5. The predicted octanol–water partition coefficient (Wildman–Crippen LogP) is 6.59. The van der Waals surface area contributed by atoms with Crippen LogP contribution in [-0.4, -0.2) is 33.3 Å². The third kappa shape index (κ3) is 5.80. The number of carbonyl (C=O) groups is 1. The van der Waals surface area contributed by atoms with Gasteiger partial charge in [-0.15, -0.1) is 0 Å². The van der Waals surface area contributed by atoms with E-state index < -0.39 is 0 Å². The van der Waals surface area contributed by atoms with E-state index in [-0.39, 0.29) is 5.91 Å². The summed E-state index contributed by atoms with van der Waals surface area (Å²) in [5.41, 5.74) is 6.38. The van der Waals surface area contributed by atoms with E-state index in [1.807, 2.05) is 75.4 Å². The molecule has 1 heterocycles. The van der Waals surface area contributed by atoms with Crippen LogP contribution in [0.4, 0.5) is 0 Å². The number of nitrogens with one attached hydrogen (secondary N) is 1. The maximum Gasteiger partial charge on any atom is 0.244 e. The van der Waals surface area contributed by atoms with Gasteiger partial charge in [0.05, 0.1) is 27.1 Å². The summed E-state index contributed by atoms with van der Waals surface area (Å²) >= 11 is 0. The number of aryl methyl sites for hydroxylation is 1. The second kappa shape index (κ2) is 11.7. The SMILES string of the molecule is CCOc1c(/C(C)=C/C(=O)NCCc2cccc(OC)c2)cc2c(-c3cccc(OC)c3)coc2c1C. The van der Waals surface area contributed by atoms with Crippen LogP contribution >= 0.6 is 0 Å². The van der Waals surface area contributed by atoms with E-state index in [1.165, 1.54) is 0 Å². The summed E-state index contributed by atoms with van der Waals surface area (Å²) in [6, 6.07) is 17.8. The zero-order valence-electron chi connectivity index (χ0n) is 22.0. The normalized spacial score (nSPS) is 11.4. The molecule has 192 valence electrons. The summed E-state index contributed by atoms with van der Waals surface area (Å²) in [6.45, 7) is 6.88. The summed E-state index contributed by atoms with van der Waals surface area (Å²) < 4.78 is 22.7. The van der Waals surface area contributed by atoms with Crippen LogP contribution in [0.15, 0.2) is 71.4 Å². The van der Waals surface area contributed by atoms with Crippen molar-refractivity contribution in [1.82, 2.24) is 5.32 Å². The Bertz CT molecular complexity index is 1430. The largest absolute Gasteiger partial charge is 0.497 e. The highest BCUT2D eigenvalue weighted by Crippen LogP contribution is 2.41. The van der Waals surface area contributed by atoms with Gasteiger partial charge in [-0.3, -0.25) is 4.79 Å². The van der Waals surface area contributed by atoms with Gasteiger partial charge in [-0.25, -0.2) is 0 Å². The first-order valence-electron chi connectivity index (χ1n) is 12.4. The van der Waals surface area contributed by atoms with Crippen molar-refractivity contribution in [3.8, 4) is 28.4 Å². The number of benzene rings is 3. The Morgan fingerprint density at radius 3 is 2.49 bits per heavy atom. The van der Waals surface area contributed by atoms with Crippen LogP contribution in [0.3, 0.4) is 0 Å². The average molecular weight is 500 g/mol. The van der Waals surface area contributed by atoms with Crippen molar-refractivity contribution >= 4 is 22.4 Å². The van der Waals surface area contributed by atoms with Gasteiger partial charge < -0.3 is 23.9 Å². The second-order valence-electron chi connectivity index (χ2n) is 8.79. The lowest BCUT2D eigenvalue weighted by molar-refractivity contribution is -0.116. The molecule has 0 radical (unpaired) electrons. The summed E-state index contributed by atoms with van der Waals surface area (Å²) in [7, 11) is 3.30. The molecule has 0 saturated heterocycles. The fourth-order valence-electron chi connectivity index (χ4n) is 4.44. The Hall–Kier alpha value is -4.19.